The van der Waals surface area contributed by atoms with Gasteiger partial charge in [-0.2, -0.15) is 0 Å². The molecule has 0 unspecified atom stereocenters. The molecule has 0 aliphatic carbocycles. The predicted octanol–water partition coefficient (Wildman–Crippen LogP) is 3.44. The smallest absolute Gasteiger partial charge is 0.359 e. The third-order valence-electron chi connectivity index (χ3n) is 4.29. The van der Waals surface area contributed by atoms with Crippen molar-refractivity contribution in [1.82, 2.24) is 9.38 Å². The fourth-order valence-electron chi connectivity index (χ4n) is 2.76. The first-order valence-electron chi connectivity index (χ1n) is 8.39. The Kier molecular flexibility index (Phi) is 4.75. The Labute approximate surface area is 151 Å². The first-order chi connectivity index (χ1) is 12.4. The van der Waals surface area contributed by atoms with Crippen molar-refractivity contribution in [1.29, 1.82) is 0 Å². The lowest BCUT2D eigenvalue weighted by molar-refractivity contribution is -0.123. The molecule has 26 heavy (non-hydrogen) atoms. The van der Waals surface area contributed by atoms with Crippen molar-refractivity contribution in [2.75, 3.05) is 5.32 Å². The maximum absolute atomic E-state index is 12.4. The third kappa shape index (κ3) is 3.44. The number of benzene rings is 1. The van der Waals surface area contributed by atoms with Gasteiger partial charge in [0.2, 0.25) is 0 Å². The largest absolute Gasteiger partial charge is 0.448 e. The molecule has 2 heterocycles. The number of amides is 1. The van der Waals surface area contributed by atoms with Crippen LogP contribution in [-0.2, 0) is 9.53 Å². The van der Waals surface area contributed by atoms with Gasteiger partial charge in [-0.15, -0.1) is 0 Å². The minimum atomic E-state index is -0.938. The number of aromatic nitrogens is 2. The fraction of sp³-hybridized carbons (Fsp3) is 0.250. The third-order valence-corrected chi connectivity index (χ3v) is 4.29. The zero-order valence-electron chi connectivity index (χ0n) is 15.2. The van der Waals surface area contributed by atoms with Crippen molar-refractivity contribution in [3.63, 3.8) is 0 Å². The Morgan fingerprint density at radius 2 is 1.73 bits per heavy atom. The molecule has 1 N–H and O–H groups in total. The summed E-state index contributed by atoms with van der Waals surface area (Å²) in [4.78, 5) is 29.0. The molecule has 0 aliphatic rings. The summed E-state index contributed by atoms with van der Waals surface area (Å²) in [5, 5.41) is 2.83. The number of nitrogens with zero attached hydrogens (tertiary/aromatic N) is 2. The summed E-state index contributed by atoms with van der Waals surface area (Å²) in [5.74, 6) is -1.01. The van der Waals surface area contributed by atoms with Gasteiger partial charge in [-0.25, -0.2) is 9.78 Å². The fourth-order valence-corrected chi connectivity index (χ4v) is 2.76. The molecule has 2 aromatic heterocycles. The number of nitrogens with one attached hydrogen (secondary N) is 1. The van der Waals surface area contributed by atoms with Gasteiger partial charge in [0, 0.05) is 17.6 Å². The lowest BCUT2D eigenvalue weighted by atomic mass is 10.1. The van der Waals surface area contributed by atoms with Crippen LogP contribution < -0.4 is 5.32 Å². The number of anilines is 1. The van der Waals surface area contributed by atoms with E-state index in [-0.39, 0.29) is 11.6 Å². The van der Waals surface area contributed by atoms with E-state index in [2.05, 4.69) is 10.3 Å². The Hall–Kier alpha value is -3.15. The summed E-state index contributed by atoms with van der Waals surface area (Å²) in [6.45, 7) is 7.29. The molecule has 6 nitrogen and oxygen atoms in total. The first-order valence-corrected chi connectivity index (χ1v) is 8.39. The zero-order chi connectivity index (χ0) is 18.8. The topological polar surface area (TPSA) is 72.7 Å². The summed E-state index contributed by atoms with van der Waals surface area (Å²) >= 11 is 0. The summed E-state index contributed by atoms with van der Waals surface area (Å²) in [6, 6.07) is 11.4. The molecule has 0 saturated heterocycles. The molecule has 0 bridgehead atoms. The number of ether oxygens (including phenoxy) is 1. The molecule has 6 heteroatoms. The normalized spacial score (nSPS) is 12.0. The van der Waals surface area contributed by atoms with Crippen LogP contribution in [0.2, 0.25) is 0 Å². The molecule has 134 valence electrons. The number of aryl methyl sites for hydroxylation is 3. The highest BCUT2D eigenvalue weighted by atomic mass is 16.5. The average Bonchev–Trinajstić information content (AvgIpc) is 3.04. The first kappa shape index (κ1) is 17.7. The number of hydrogen-bond acceptors (Lipinski definition) is 4. The van der Waals surface area contributed by atoms with Crippen LogP contribution in [0.15, 0.2) is 42.6 Å². The lowest BCUT2D eigenvalue weighted by Crippen LogP contribution is -2.30. The number of imidazole rings is 1. The van der Waals surface area contributed by atoms with Crippen molar-refractivity contribution in [3.8, 4) is 0 Å². The Balaban J connectivity index is 1.72. The van der Waals surface area contributed by atoms with Crippen LogP contribution in [0, 0.1) is 20.8 Å². The van der Waals surface area contributed by atoms with Gasteiger partial charge in [-0.05, 0) is 51.0 Å². The summed E-state index contributed by atoms with van der Waals surface area (Å²) in [5.41, 5.74) is 4.43. The van der Waals surface area contributed by atoms with Gasteiger partial charge in [0.1, 0.15) is 5.65 Å². The van der Waals surface area contributed by atoms with Crippen LogP contribution in [0.5, 0.6) is 0 Å². The second kappa shape index (κ2) is 7.00. The van der Waals surface area contributed by atoms with Crippen molar-refractivity contribution in [2.45, 2.75) is 33.8 Å². The van der Waals surface area contributed by atoms with E-state index in [1.54, 1.807) is 23.6 Å². The summed E-state index contributed by atoms with van der Waals surface area (Å²) in [7, 11) is 0. The Bertz CT molecular complexity index is 971. The van der Waals surface area contributed by atoms with E-state index in [9.17, 15) is 9.59 Å². The Morgan fingerprint density at radius 1 is 1.08 bits per heavy atom. The number of carbonyl (C=O) groups is 2. The van der Waals surface area contributed by atoms with E-state index in [0.717, 1.165) is 22.5 Å². The van der Waals surface area contributed by atoms with Crippen LogP contribution in [0.25, 0.3) is 5.65 Å². The summed E-state index contributed by atoms with van der Waals surface area (Å²) in [6.07, 6.45) is 0.677. The maximum atomic E-state index is 12.4. The van der Waals surface area contributed by atoms with Crippen molar-refractivity contribution < 1.29 is 14.3 Å². The van der Waals surface area contributed by atoms with E-state index in [4.69, 9.17) is 4.74 Å². The minimum Gasteiger partial charge on any atom is -0.448 e. The highest BCUT2D eigenvalue weighted by molar-refractivity contribution is 5.97. The lowest BCUT2D eigenvalue weighted by Gasteiger charge is -2.15. The van der Waals surface area contributed by atoms with E-state index >= 15 is 0 Å². The number of carbonyl (C=O) groups excluding carboxylic acids is 2. The monoisotopic (exact) mass is 351 g/mol. The van der Waals surface area contributed by atoms with Crippen molar-refractivity contribution in [2.24, 2.45) is 0 Å². The van der Waals surface area contributed by atoms with E-state index in [0.29, 0.717) is 5.65 Å². The van der Waals surface area contributed by atoms with Crippen LogP contribution in [0.3, 0.4) is 0 Å². The zero-order valence-corrected chi connectivity index (χ0v) is 15.2. The standard InChI is InChI=1S/C20H21N3O3/c1-12-7-5-8-13(2)18(12)22-19(24)15(4)26-20(25)16-11-23-14(3)9-6-10-17(23)21-16/h5-11,15H,1-4H3,(H,22,24)/t15-/m0/s1. The maximum Gasteiger partial charge on any atom is 0.359 e. The molecule has 0 spiro atoms. The molecular formula is C20H21N3O3. The van der Waals surface area contributed by atoms with Crippen molar-refractivity contribution in [3.05, 3.63) is 65.1 Å². The number of esters is 1. The molecular weight excluding hydrogens is 330 g/mol. The van der Waals surface area contributed by atoms with Gasteiger partial charge < -0.3 is 14.5 Å². The van der Waals surface area contributed by atoms with Gasteiger partial charge >= 0.3 is 5.97 Å². The number of pyridine rings is 1. The molecule has 3 rings (SSSR count). The molecule has 1 aromatic carbocycles. The van der Waals surface area contributed by atoms with Gasteiger partial charge in [0.15, 0.2) is 11.8 Å². The van der Waals surface area contributed by atoms with E-state index < -0.39 is 12.1 Å². The summed E-state index contributed by atoms with van der Waals surface area (Å²) < 4.78 is 7.10. The van der Waals surface area contributed by atoms with E-state index in [1.165, 1.54) is 0 Å². The molecule has 3 aromatic rings. The molecule has 0 saturated carbocycles. The second-order valence-corrected chi connectivity index (χ2v) is 6.33. The van der Waals surface area contributed by atoms with Gasteiger partial charge in [0.25, 0.3) is 5.91 Å². The van der Waals surface area contributed by atoms with Crippen LogP contribution in [0.4, 0.5) is 5.69 Å². The highest BCUT2D eigenvalue weighted by Gasteiger charge is 2.22. The van der Waals surface area contributed by atoms with Crippen LogP contribution >= 0.6 is 0 Å². The highest BCUT2D eigenvalue weighted by Crippen LogP contribution is 2.20. The van der Waals surface area contributed by atoms with Crippen LogP contribution in [0.1, 0.15) is 34.2 Å². The number of para-hydroxylation sites is 1. The number of hydrogen-bond donors (Lipinski definition) is 1. The SMILES string of the molecule is Cc1cccc(C)c1NC(=O)[C@H](C)OC(=O)c1cn2c(C)cccc2n1. The van der Waals surface area contributed by atoms with Crippen molar-refractivity contribution >= 4 is 23.2 Å². The van der Waals surface area contributed by atoms with Gasteiger partial charge in [-0.1, -0.05) is 24.3 Å². The van der Waals surface area contributed by atoms with Crippen LogP contribution in [-0.4, -0.2) is 27.4 Å². The molecule has 0 radical (unpaired) electrons. The predicted molar refractivity (Wildman–Crippen MR) is 99.4 cm³/mol. The minimum absolute atomic E-state index is 0.172. The molecule has 0 fully saturated rings. The van der Waals surface area contributed by atoms with Gasteiger partial charge in [0.05, 0.1) is 0 Å². The van der Waals surface area contributed by atoms with Gasteiger partial charge in [-0.3, -0.25) is 4.79 Å². The Morgan fingerprint density at radius 3 is 2.38 bits per heavy atom. The molecule has 1 atom stereocenters. The van der Waals surface area contributed by atoms with E-state index in [1.807, 2.05) is 51.1 Å². The number of rotatable bonds is 4. The quantitative estimate of drug-likeness (QED) is 0.731. The number of fused-ring (bicyclic) bond motifs is 1. The molecule has 0 aliphatic heterocycles. The average molecular weight is 351 g/mol. The second-order valence-electron chi connectivity index (χ2n) is 6.33. The molecule has 1 amide bonds.